The third-order valence-corrected chi connectivity index (χ3v) is 3.24. The number of ether oxygens (including phenoxy) is 2. The minimum absolute atomic E-state index is 0.0252. The summed E-state index contributed by atoms with van der Waals surface area (Å²) in [4.78, 5) is 22.7. The van der Waals surface area contributed by atoms with E-state index in [1.165, 1.54) is 6.08 Å². The normalized spacial score (nSPS) is 22.1. The van der Waals surface area contributed by atoms with Gasteiger partial charge in [-0.2, -0.15) is 0 Å². The van der Waals surface area contributed by atoms with Crippen LogP contribution in [-0.4, -0.2) is 49.1 Å². The molecular weight excluding hydrogens is 264 g/mol. The second kappa shape index (κ2) is 7.21. The summed E-state index contributed by atoms with van der Waals surface area (Å²) in [6, 6.07) is 0. The fraction of sp³-hybridized carbons (Fsp3) is 0.571. The van der Waals surface area contributed by atoms with E-state index >= 15 is 0 Å². The Morgan fingerprint density at radius 3 is 2.55 bits per heavy atom. The molecule has 20 heavy (non-hydrogen) atoms. The van der Waals surface area contributed by atoms with E-state index in [-0.39, 0.29) is 25.0 Å². The van der Waals surface area contributed by atoms with E-state index in [2.05, 4.69) is 0 Å². The molecule has 1 rings (SSSR count). The van der Waals surface area contributed by atoms with Crippen molar-refractivity contribution in [3.05, 3.63) is 23.3 Å². The summed E-state index contributed by atoms with van der Waals surface area (Å²) >= 11 is 0. The standard InChI is InChI=1S/C14H20O6/c1-10-7-11(12(15)16)9-14(8-10,13(17)18)3-4-20-6-5-19-2/h7-8H,3-6,9H2,1-2H3,(H,15,16)(H,17,18). The Kier molecular flexibility index (Phi) is 5.91. The van der Waals surface area contributed by atoms with E-state index in [1.54, 1.807) is 20.1 Å². The van der Waals surface area contributed by atoms with Gasteiger partial charge < -0.3 is 19.7 Å². The Bertz CT molecular complexity index is 437. The predicted octanol–water partition coefficient (Wildman–Crippen LogP) is 1.47. The fourth-order valence-corrected chi connectivity index (χ4v) is 2.24. The van der Waals surface area contributed by atoms with Gasteiger partial charge in [-0.15, -0.1) is 0 Å². The summed E-state index contributed by atoms with van der Waals surface area (Å²) < 4.78 is 10.1. The van der Waals surface area contributed by atoms with Gasteiger partial charge in [0.1, 0.15) is 0 Å². The number of methoxy groups -OCH3 is 1. The van der Waals surface area contributed by atoms with Crippen LogP contribution in [0.25, 0.3) is 0 Å². The van der Waals surface area contributed by atoms with Crippen molar-refractivity contribution >= 4 is 11.9 Å². The lowest BCUT2D eigenvalue weighted by molar-refractivity contribution is -0.147. The molecular formula is C14H20O6. The third-order valence-electron chi connectivity index (χ3n) is 3.24. The first kappa shape index (κ1) is 16.4. The molecule has 0 aromatic carbocycles. The first-order valence-corrected chi connectivity index (χ1v) is 6.35. The number of aliphatic carboxylic acids is 2. The molecule has 0 aromatic heterocycles. The highest BCUT2D eigenvalue weighted by Gasteiger charge is 2.40. The minimum atomic E-state index is -1.21. The summed E-state index contributed by atoms with van der Waals surface area (Å²) in [5.41, 5.74) is -0.447. The maximum Gasteiger partial charge on any atom is 0.331 e. The van der Waals surface area contributed by atoms with Gasteiger partial charge in [-0.05, 0) is 25.8 Å². The molecule has 0 heterocycles. The molecule has 0 radical (unpaired) electrons. The van der Waals surface area contributed by atoms with Gasteiger partial charge in [0.15, 0.2) is 0 Å². The number of carbonyl (C=O) groups is 2. The smallest absolute Gasteiger partial charge is 0.331 e. The molecule has 112 valence electrons. The van der Waals surface area contributed by atoms with Crippen LogP contribution in [0.15, 0.2) is 23.3 Å². The van der Waals surface area contributed by atoms with E-state index in [9.17, 15) is 14.7 Å². The molecule has 0 aromatic rings. The van der Waals surface area contributed by atoms with Gasteiger partial charge in [0.05, 0.1) is 18.6 Å². The molecule has 1 aliphatic carbocycles. The molecule has 6 heteroatoms. The van der Waals surface area contributed by atoms with Crippen LogP contribution in [0.4, 0.5) is 0 Å². The highest BCUT2D eigenvalue weighted by molar-refractivity contribution is 5.90. The number of hydrogen-bond donors (Lipinski definition) is 2. The number of carboxylic acids is 2. The summed E-state index contributed by atoms with van der Waals surface area (Å²) in [5, 5.41) is 18.5. The lowest BCUT2D eigenvalue weighted by Gasteiger charge is -2.29. The lowest BCUT2D eigenvalue weighted by Crippen LogP contribution is -2.34. The fourth-order valence-electron chi connectivity index (χ4n) is 2.24. The molecule has 0 spiro atoms. The summed E-state index contributed by atoms with van der Waals surface area (Å²) in [6.07, 6.45) is 3.33. The molecule has 0 bridgehead atoms. The van der Waals surface area contributed by atoms with Crippen LogP contribution >= 0.6 is 0 Å². The number of carboxylic acid groups (broad SMARTS) is 2. The van der Waals surface area contributed by atoms with Gasteiger partial charge in [-0.25, -0.2) is 4.79 Å². The average molecular weight is 284 g/mol. The van der Waals surface area contributed by atoms with E-state index in [4.69, 9.17) is 14.6 Å². The zero-order valence-corrected chi connectivity index (χ0v) is 11.7. The van der Waals surface area contributed by atoms with E-state index in [1.807, 2.05) is 0 Å². The Balaban J connectivity index is 2.76. The van der Waals surface area contributed by atoms with Crippen LogP contribution in [0.2, 0.25) is 0 Å². The van der Waals surface area contributed by atoms with E-state index in [0.717, 1.165) is 0 Å². The quantitative estimate of drug-likeness (QED) is 0.656. The zero-order chi connectivity index (χ0) is 15.2. The summed E-state index contributed by atoms with van der Waals surface area (Å²) in [6.45, 7) is 2.77. The van der Waals surface area contributed by atoms with Crippen molar-refractivity contribution in [2.75, 3.05) is 26.9 Å². The predicted molar refractivity (Wildman–Crippen MR) is 71.5 cm³/mol. The van der Waals surface area contributed by atoms with Crippen molar-refractivity contribution in [1.29, 1.82) is 0 Å². The van der Waals surface area contributed by atoms with Gasteiger partial charge in [-0.1, -0.05) is 11.6 Å². The van der Waals surface area contributed by atoms with Crippen LogP contribution in [-0.2, 0) is 19.1 Å². The number of allylic oxidation sites excluding steroid dienone is 2. The third kappa shape index (κ3) is 4.18. The van der Waals surface area contributed by atoms with Crippen molar-refractivity contribution in [3.63, 3.8) is 0 Å². The zero-order valence-electron chi connectivity index (χ0n) is 11.7. The number of rotatable bonds is 8. The summed E-state index contributed by atoms with van der Waals surface area (Å²) in [7, 11) is 1.55. The molecule has 0 aliphatic heterocycles. The van der Waals surface area contributed by atoms with Crippen LogP contribution < -0.4 is 0 Å². The average Bonchev–Trinajstić information content (AvgIpc) is 2.37. The maximum absolute atomic E-state index is 11.6. The molecule has 0 saturated heterocycles. The topological polar surface area (TPSA) is 93.1 Å². The molecule has 0 saturated carbocycles. The van der Waals surface area contributed by atoms with Crippen molar-refractivity contribution in [1.82, 2.24) is 0 Å². The van der Waals surface area contributed by atoms with Crippen molar-refractivity contribution in [2.45, 2.75) is 19.8 Å². The van der Waals surface area contributed by atoms with Crippen molar-refractivity contribution in [3.8, 4) is 0 Å². The van der Waals surface area contributed by atoms with Crippen molar-refractivity contribution in [2.24, 2.45) is 5.41 Å². The van der Waals surface area contributed by atoms with Crippen LogP contribution in [0.1, 0.15) is 19.8 Å². The van der Waals surface area contributed by atoms with Crippen LogP contribution in [0.5, 0.6) is 0 Å². The Labute approximate surface area is 117 Å². The molecule has 1 atom stereocenters. The Morgan fingerprint density at radius 1 is 1.30 bits per heavy atom. The monoisotopic (exact) mass is 284 g/mol. The highest BCUT2D eigenvalue weighted by Crippen LogP contribution is 2.37. The molecule has 1 aliphatic rings. The van der Waals surface area contributed by atoms with Crippen LogP contribution in [0.3, 0.4) is 0 Å². The van der Waals surface area contributed by atoms with Gasteiger partial charge in [0, 0.05) is 19.3 Å². The largest absolute Gasteiger partial charge is 0.481 e. The highest BCUT2D eigenvalue weighted by atomic mass is 16.5. The second-order valence-corrected chi connectivity index (χ2v) is 4.86. The maximum atomic E-state index is 11.6. The number of hydrogen-bond acceptors (Lipinski definition) is 4. The molecule has 0 amide bonds. The van der Waals surface area contributed by atoms with E-state index in [0.29, 0.717) is 18.8 Å². The SMILES string of the molecule is COCCOCCC1(C(=O)O)C=C(C)C=C(C(=O)O)C1. The van der Waals surface area contributed by atoms with Gasteiger partial charge >= 0.3 is 11.9 Å². The van der Waals surface area contributed by atoms with Crippen molar-refractivity contribution < 1.29 is 29.3 Å². The molecule has 2 N–H and O–H groups in total. The summed E-state index contributed by atoms with van der Waals surface area (Å²) in [5.74, 6) is -2.11. The molecule has 1 unspecified atom stereocenters. The second-order valence-electron chi connectivity index (χ2n) is 4.86. The first-order valence-electron chi connectivity index (χ1n) is 6.35. The van der Waals surface area contributed by atoms with Gasteiger partial charge in [0.2, 0.25) is 0 Å². The molecule has 0 fully saturated rings. The van der Waals surface area contributed by atoms with Crippen LogP contribution in [0, 0.1) is 5.41 Å². The molecule has 6 nitrogen and oxygen atoms in total. The Hall–Kier alpha value is -1.66. The minimum Gasteiger partial charge on any atom is -0.481 e. The lowest BCUT2D eigenvalue weighted by atomic mass is 9.74. The van der Waals surface area contributed by atoms with Gasteiger partial charge in [0.25, 0.3) is 0 Å². The Morgan fingerprint density at radius 2 is 2.00 bits per heavy atom. The van der Waals surface area contributed by atoms with Gasteiger partial charge in [-0.3, -0.25) is 4.79 Å². The first-order chi connectivity index (χ1) is 9.41. The van der Waals surface area contributed by atoms with E-state index < -0.39 is 17.4 Å².